The summed E-state index contributed by atoms with van der Waals surface area (Å²) in [4.78, 5) is 30.2. The summed E-state index contributed by atoms with van der Waals surface area (Å²) in [5, 5.41) is 11.5. The van der Waals surface area contributed by atoms with Crippen molar-refractivity contribution in [2.24, 2.45) is 0 Å². The minimum Gasteiger partial charge on any atom is -0.507 e. The molecule has 1 N–H and O–H groups in total. The van der Waals surface area contributed by atoms with Crippen molar-refractivity contribution in [1.29, 1.82) is 0 Å². The summed E-state index contributed by atoms with van der Waals surface area (Å²) in [5.41, 5.74) is 2.21. The molecule has 37 heavy (non-hydrogen) atoms. The van der Waals surface area contributed by atoms with Crippen molar-refractivity contribution < 1.29 is 28.9 Å². The summed E-state index contributed by atoms with van der Waals surface area (Å²) in [6.07, 6.45) is 1.45. The third-order valence-corrected chi connectivity index (χ3v) is 6.60. The van der Waals surface area contributed by atoms with Crippen LogP contribution in [0.25, 0.3) is 5.76 Å². The molecule has 2 heterocycles. The monoisotopic (exact) mass is 508 g/mol. The molecule has 4 rings (SSSR count). The molecule has 198 valence electrons. The molecule has 2 aliphatic heterocycles. The van der Waals surface area contributed by atoms with Crippen LogP contribution in [0.2, 0.25) is 0 Å². The number of hydrogen-bond donors (Lipinski definition) is 1. The van der Waals surface area contributed by atoms with Crippen LogP contribution >= 0.6 is 0 Å². The maximum Gasteiger partial charge on any atom is 0.295 e. The summed E-state index contributed by atoms with van der Waals surface area (Å²) in [6, 6.07) is 10.0. The highest BCUT2D eigenvalue weighted by Gasteiger charge is 2.46. The minimum atomic E-state index is -0.750. The first-order valence-corrected chi connectivity index (χ1v) is 12.9. The zero-order valence-corrected chi connectivity index (χ0v) is 22.2. The topological polar surface area (TPSA) is 88.5 Å². The van der Waals surface area contributed by atoms with Crippen molar-refractivity contribution in [2.75, 3.05) is 40.4 Å². The van der Waals surface area contributed by atoms with E-state index in [1.54, 1.807) is 29.2 Å². The number of aliphatic hydroxyl groups is 1. The molecule has 0 bridgehead atoms. The number of aliphatic hydroxyl groups excluding tert-OH is 1. The Labute approximate surface area is 218 Å². The molecule has 2 aromatic rings. The number of likely N-dealkylation sites (tertiary alicyclic amines) is 1. The van der Waals surface area contributed by atoms with Crippen LogP contribution in [0.1, 0.15) is 49.9 Å². The smallest absolute Gasteiger partial charge is 0.295 e. The summed E-state index contributed by atoms with van der Waals surface area (Å²) < 4.78 is 17.3. The SMILES string of the molecule is CCOc1ccc([C@@H]2/C(=C(\O)c3ccc4c(c3)C[C@H](C)O4)C(=O)C(=O)N2CCCN(C)C)cc1OCC. The lowest BCUT2D eigenvalue weighted by Crippen LogP contribution is -2.32. The quantitative estimate of drug-likeness (QED) is 0.293. The van der Waals surface area contributed by atoms with Crippen LogP contribution < -0.4 is 14.2 Å². The Morgan fingerprint density at radius 2 is 1.81 bits per heavy atom. The lowest BCUT2D eigenvalue weighted by molar-refractivity contribution is -0.139. The summed E-state index contributed by atoms with van der Waals surface area (Å²) in [6.45, 7) is 7.80. The van der Waals surface area contributed by atoms with Gasteiger partial charge in [-0.1, -0.05) is 6.07 Å². The van der Waals surface area contributed by atoms with E-state index in [0.717, 1.165) is 24.3 Å². The fourth-order valence-corrected chi connectivity index (χ4v) is 4.98. The van der Waals surface area contributed by atoms with Crippen molar-refractivity contribution in [3.05, 3.63) is 58.7 Å². The summed E-state index contributed by atoms with van der Waals surface area (Å²) >= 11 is 0. The van der Waals surface area contributed by atoms with Crippen LogP contribution in [0, 0.1) is 0 Å². The number of ketones is 1. The van der Waals surface area contributed by atoms with Crippen molar-refractivity contribution in [3.8, 4) is 17.2 Å². The van der Waals surface area contributed by atoms with Gasteiger partial charge in [-0.25, -0.2) is 0 Å². The van der Waals surface area contributed by atoms with Gasteiger partial charge in [-0.15, -0.1) is 0 Å². The molecule has 1 amide bonds. The van der Waals surface area contributed by atoms with E-state index in [1.807, 2.05) is 51.9 Å². The lowest BCUT2D eigenvalue weighted by atomic mass is 9.94. The predicted molar refractivity (Wildman–Crippen MR) is 141 cm³/mol. The van der Waals surface area contributed by atoms with E-state index in [2.05, 4.69) is 0 Å². The molecule has 0 aromatic heterocycles. The maximum absolute atomic E-state index is 13.4. The number of amides is 1. The first-order chi connectivity index (χ1) is 17.7. The van der Waals surface area contributed by atoms with E-state index >= 15 is 0 Å². The van der Waals surface area contributed by atoms with Crippen LogP contribution in [0.15, 0.2) is 42.0 Å². The van der Waals surface area contributed by atoms with Gasteiger partial charge < -0.3 is 29.1 Å². The van der Waals surface area contributed by atoms with Gasteiger partial charge >= 0.3 is 0 Å². The molecule has 0 saturated carbocycles. The minimum absolute atomic E-state index is 0.0514. The van der Waals surface area contributed by atoms with Gasteiger partial charge in [-0.05, 0) is 89.3 Å². The van der Waals surface area contributed by atoms with Crippen molar-refractivity contribution in [3.63, 3.8) is 0 Å². The Bertz CT molecular complexity index is 1200. The standard InChI is InChI=1S/C29H36N2O6/c1-6-35-23-12-9-19(17-24(23)36-7-2)26-25(28(33)29(34)31(26)14-8-13-30(4)5)27(32)20-10-11-22-21(16-20)15-18(3)37-22/h9-12,16-18,26,32H,6-8,13-15H2,1-5H3/b27-25+/t18-,26+/m0/s1. The molecular formula is C29H36N2O6. The largest absolute Gasteiger partial charge is 0.507 e. The molecule has 8 nitrogen and oxygen atoms in total. The van der Waals surface area contributed by atoms with Crippen LogP contribution in [0.4, 0.5) is 0 Å². The first kappa shape index (κ1) is 26.5. The van der Waals surface area contributed by atoms with Crippen molar-refractivity contribution >= 4 is 17.4 Å². The number of carbonyl (C=O) groups is 2. The molecule has 2 aromatic carbocycles. The highest BCUT2D eigenvalue weighted by Crippen LogP contribution is 2.43. The third-order valence-electron chi connectivity index (χ3n) is 6.60. The lowest BCUT2D eigenvalue weighted by Gasteiger charge is -2.26. The third kappa shape index (κ3) is 5.44. The Kier molecular flexibility index (Phi) is 8.07. The zero-order valence-electron chi connectivity index (χ0n) is 22.2. The van der Waals surface area contributed by atoms with Crippen LogP contribution in [-0.4, -0.2) is 73.1 Å². The van der Waals surface area contributed by atoms with Crippen molar-refractivity contribution in [1.82, 2.24) is 9.80 Å². The van der Waals surface area contributed by atoms with E-state index in [1.165, 1.54) is 0 Å². The van der Waals surface area contributed by atoms with E-state index in [9.17, 15) is 14.7 Å². The summed E-state index contributed by atoms with van der Waals surface area (Å²) in [5.74, 6) is 0.402. The molecule has 2 atom stereocenters. The molecule has 1 saturated heterocycles. The van der Waals surface area contributed by atoms with Gasteiger partial charge in [-0.2, -0.15) is 0 Å². The number of rotatable bonds is 10. The van der Waals surface area contributed by atoms with E-state index in [4.69, 9.17) is 14.2 Å². The molecule has 1 fully saturated rings. The summed E-state index contributed by atoms with van der Waals surface area (Å²) in [7, 11) is 3.93. The fourth-order valence-electron chi connectivity index (χ4n) is 4.98. The second-order valence-corrected chi connectivity index (χ2v) is 9.68. The van der Waals surface area contributed by atoms with Gasteiger partial charge in [0, 0.05) is 18.5 Å². The number of carbonyl (C=O) groups excluding carboxylic acids is 2. The molecular weight excluding hydrogens is 472 g/mol. The fraction of sp³-hybridized carbons (Fsp3) is 0.448. The Morgan fingerprint density at radius 3 is 2.51 bits per heavy atom. The normalized spacial score (nSPS) is 20.3. The second kappa shape index (κ2) is 11.3. The van der Waals surface area contributed by atoms with Gasteiger partial charge in [-0.3, -0.25) is 9.59 Å². The number of ether oxygens (including phenoxy) is 3. The number of hydrogen-bond acceptors (Lipinski definition) is 7. The molecule has 0 aliphatic carbocycles. The van der Waals surface area contributed by atoms with Crippen LogP contribution in [0.5, 0.6) is 17.2 Å². The van der Waals surface area contributed by atoms with Gasteiger partial charge in [0.2, 0.25) is 0 Å². The van der Waals surface area contributed by atoms with Crippen molar-refractivity contribution in [2.45, 2.75) is 45.8 Å². The van der Waals surface area contributed by atoms with Crippen LogP contribution in [-0.2, 0) is 16.0 Å². The second-order valence-electron chi connectivity index (χ2n) is 9.68. The van der Waals surface area contributed by atoms with Gasteiger partial charge in [0.05, 0.1) is 24.8 Å². The number of Topliss-reactive ketones (excluding diaryl/α,β-unsaturated/α-hetero) is 1. The number of benzene rings is 2. The Hall–Kier alpha value is -3.52. The average molecular weight is 509 g/mol. The highest BCUT2D eigenvalue weighted by atomic mass is 16.5. The zero-order chi connectivity index (χ0) is 26.7. The van der Waals surface area contributed by atoms with Gasteiger partial charge in [0.25, 0.3) is 11.7 Å². The molecule has 0 spiro atoms. The van der Waals surface area contributed by atoms with E-state index in [0.29, 0.717) is 48.8 Å². The van der Waals surface area contributed by atoms with Gasteiger partial charge in [0.15, 0.2) is 11.5 Å². The highest BCUT2D eigenvalue weighted by molar-refractivity contribution is 6.46. The number of nitrogens with zero attached hydrogens (tertiary/aromatic N) is 2. The van der Waals surface area contributed by atoms with Gasteiger partial charge in [0.1, 0.15) is 17.6 Å². The Morgan fingerprint density at radius 1 is 1.08 bits per heavy atom. The van der Waals surface area contributed by atoms with Crippen LogP contribution in [0.3, 0.4) is 0 Å². The molecule has 8 heteroatoms. The molecule has 0 radical (unpaired) electrons. The maximum atomic E-state index is 13.4. The van der Waals surface area contributed by atoms with E-state index < -0.39 is 17.7 Å². The molecule has 0 unspecified atom stereocenters. The average Bonchev–Trinajstić information content (AvgIpc) is 3.35. The molecule has 2 aliphatic rings. The number of fused-ring (bicyclic) bond motifs is 1. The first-order valence-electron chi connectivity index (χ1n) is 12.9. The predicted octanol–water partition coefficient (Wildman–Crippen LogP) is 4.18. The van der Waals surface area contributed by atoms with E-state index in [-0.39, 0.29) is 17.4 Å². The Balaban J connectivity index is 1.81.